The summed E-state index contributed by atoms with van der Waals surface area (Å²) < 4.78 is 4.85. The van der Waals surface area contributed by atoms with Crippen molar-refractivity contribution in [3.05, 3.63) is 27.3 Å². The Morgan fingerprint density at radius 1 is 1.36 bits per heavy atom. The number of aromatic nitrogens is 3. The van der Waals surface area contributed by atoms with Crippen molar-refractivity contribution >= 4 is 17.4 Å². The summed E-state index contributed by atoms with van der Waals surface area (Å²) in [6.07, 6.45) is 3.34. The van der Waals surface area contributed by atoms with Crippen molar-refractivity contribution < 1.29 is 9.32 Å². The van der Waals surface area contributed by atoms with Crippen molar-refractivity contribution in [2.24, 2.45) is 0 Å². The van der Waals surface area contributed by atoms with Crippen molar-refractivity contribution in [3.63, 3.8) is 0 Å². The van der Waals surface area contributed by atoms with E-state index < -0.39 is 0 Å². The first kappa shape index (κ1) is 15.0. The number of hydrogen-bond donors (Lipinski definition) is 2. The molecule has 0 bridgehead atoms. The standard InChI is InChI=1S/C14H19N5O2S/c1-8-17-12(19-21-8)7-16-14(20)15-6-10-4-3-5-11-13(10)18-9(2)22-11/h10H,3-7H2,1-2H3,(H2,15,16,20). The van der Waals surface area contributed by atoms with Gasteiger partial charge in [-0.3, -0.25) is 0 Å². The molecule has 2 aromatic heterocycles. The molecular formula is C14H19N5O2S. The van der Waals surface area contributed by atoms with Gasteiger partial charge in [0.25, 0.3) is 0 Å². The summed E-state index contributed by atoms with van der Waals surface area (Å²) in [6.45, 7) is 4.61. The van der Waals surface area contributed by atoms with Crippen LogP contribution < -0.4 is 10.6 Å². The molecule has 3 rings (SSSR count). The van der Waals surface area contributed by atoms with Gasteiger partial charge in [0.05, 0.1) is 17.2 Å². The second kappa shape index (κ2) is 6.43. The van der Waals surface area contributed by atoms with Crippen molar-refractivity contribution in [2.75, 3.05) is 6.54 Å². The van der Waals surface area contributed by atoms with E-state index in [1.807, 2.05) is 6.92 Å². The second-order valence-electron chi connectivity index (χ2n) is 5.42. The molecule has 1 aliphatic carbocycles. The summed E-state index contributed by atoms with van der Waals surface area (Å²) in [4.78, 5) is 21.9. The highest BCUT2D eigenvalue weighted by Crippen LogP contribution is 2.34. The van der Waals surface area contributed by atoms with Gasteiger partial charge < -0.3 is 15.2 Å². The molecule has 2 amide bonds. The van der Waals surface area contributed by atoms with Crippen LogP contribution in [0.1, 0.15) is 46.1 Å². The number of fused-ring (bicyclic) bond motifs is 1. The van der Waals surface area contributed by atoms with E-state index in [-0.39, 0.29) is 12.6 Å². The van der Waals surface area contributed by atoms with E-state index in [4.69, 9.17) is 4.52 Å². The minimum absolute atomic E-state index is 0.221. The van der Waals surface area contributed by atoms with Crippen LogP contribution in [0.15, 0.2) is 4.52 Å². The fraction of sp³-hybridized carbons (Fsp3) is 0.571. The molecule has 0 radical (unpaired) electrons. The molecule has 2 aromatic rings. The molecule has 22 heavy (non-hydrogen) atoms. The molecule has 0 spiro atoms. The van der Waals surface area contributed by atoms with Crippen molar-refractivity contribution in [1.29, 1.82) is 0 Å². The Kier molecular flexibility index (Phi) is 4.37. The SMILES string of the molecule is Cc1nc(CNC(=O)NCC2CCCc3sc(C)nc32)no1. The number of amides is 2. The summed E-state index contributed by atoms with van der Waals surface area (Å²) in [7, 11) is 0. The average molecular weight is 321 g/mol. The predicted molar refractivity (Wildman–Crippen MR) is 81.8 cm³/mol. The van der Waals surface area contributed by atoms with Gasteiger partial charge in [-0.2, -0.15) is 4.98 Å². The maximum atomic E-state index is 11.9. The van der Waals surface area contributed by atoms with Crippen LogP contribution in [0, 0.1) is 13.8 Å². The zero-order valence-corrected chi connectivity index (χ0v) is 13.5. The number of aryl methyl sites for hydroxylation is 3. The Morgan fingerprint density at radius 2 is 2.23 bits per heavy atom. The molecule has 0 aromatic carbocycles. The van der Waals surface area contributed by atoms with E-state index in [1.165, 1.54) is 10.6 Å². The lowest BCUT2D eigenvalue weighted by Gasteiger charge is -2.21. The van der Waals surface area contributed by atoms with Gasteiger partial charge in [0, 0.05) is 24.3 Å². The summed E-state index contributed by atoms with van der Waals surface area (Å²) in [5, 5.41) is 10.5. The van der Waals surface area contributed by atoms with Gasteiger partial charge in [-0.1, -0.05) is 5.16 Å². The smallest absolute Gasteiger partial charge is 0.315 e. The number of thiazole rings is 1. The van der Waals surface area contributed by atoms with Crippen molar-refractivity contribution in [2.45, 2.75) is 45.6 Å². The molecular weight excluding hydrogens is 302 g/mol. The number of hydrogen-bond acceptors (Lipinski definition) is 6. The largest absolute Gasteiger partial charge is 0.340 e. The highest BCUT2D eigenvalue weighted by Gasteiger charge is 2.24. The van der Waals surface area contributed by atoms with Gasteiger partial charge >= 0.3 is 6.03 Å². The molecule has 1 atom stereocenters. The van der Waals surface area contributed by atoms with Gasteiger partial charge in [-0.05, 0) is 26.2 Å². The Morgan fingerprint density at radius 3 is 3.00 bits per heavy atom. The lowest BCUT2D eigenvalue weighted by Crippen LogP contribution is -2.38. The molecule has 2 heterocycles. The van der Waals surface area contributed by atoms with Crippen molar-refractivity contribution in [3.8, 4) is 0 Å². The maximum Gasteiger partial charge on any atom is 0.315 e. The van der Waals surface area contributed by atoms with Crippen LogP contribution in [0.25, 0.3) is 0 Å². The zero-order valence-electron chi connectivity index (χ0n) is 12.7. The quantitative estimate of drug-likeness (QED) is 0.899. The van der Waals surface area contributed by atoms with Gasteiger partial charge in [0.1, 0.15) is 0 Å². The molecule has 0 fully saturated rings. The maximum absolute atomic E-state index is 11.9. The molecule has 8 heteroatoms. The fourth-order valence-electron chi connectivity index (χ4n) is 2.68. The first-order chi connectivity index (χ1) is 10.6. The van der Waals surface area contributed by atoms with E-state index in [1.54, 1.807) is 18.3 Å². The summed E-state index contributed by atoms with van der Waals surface area (Å²) >= 11 is 1.77. The number of urea groups is 1. The Bertz CT molecular complexity index is 666. The fourth-order valence-corrected chi connectivity index (χ4v) is 3.74. The van der Waals surface area contributed by atoms with Crippen LogP contribution in [0.5, 0.6) is 0 Å². The van der Waals surface area contributed by atoms with E-state index in [0.717, 1.165) is 24.3 Å². The first-order valence-corrected chi connectivity index (χ1v) is 8.20. The third kappa shape index (κ3) is 3.44. The molecule has 0 saturated carbocycles. The number of nitrogens with one attached hydrogen (secondary N) is 2. The molecule has 118 valence electrons. The molecule has 0 saturated heterocycles. The molecule has 0 aliphatic heterocycles. The monoisotopic (exact) mass is 321 g/mol. The number of rotatable bonds is 4. The Hall–Kier alpha value is -1.96. The summed E-state index contributed by atoms with van der Waals surface area (Å²) in [5.41, 5.74) is 1.17. The summed E-state index contributed by atoms with van der Waals surface area (Å²) in [5.74, 6) is 1.28. The lowest BCUT2D eigenvalue weighted by atomic mass is 9.91. The topological polar surface area (TPSA) is 92.9 Å². The van der Waals surface area contributed by atoms with Gasteiger partial charge in [-0.15, -0.1) is 11.3 Å². The number of carbonyl (C=O) groups is 1. The third-order valence-corrected chi connectivity index (χ3v) is 4.71. The average Bonchev–Trinajstić information content (AvgIpc) is 3.07. The highest BCUT2D eigenvalue weighted by molar-refractivity contribution is 7.11. The molecule has 7 nitrogen and oxygen atoms in total. The van der Waals surface area contributed by atoms with Crippen LogP contribution in [0.2, 0.25) is 0 Å². The van der Waals surface area contributed by atoms with Crippen molar-refractivity contribution in [1.82, 2.24) is 25.8 Å². The van der Waals surface area contributed by atoms with Crippen LogP contribution in [0.3, 0.4) is 0 Å². The lowest BCUT2D eigenvalue weighted by molar-refractivity contribution is 0.239. The number of nitrogens with zero attached hydrogens (tertiary/aromatic N) is 3. The zero-order chi connectivity index (χ0) is 15.5. The van der Waals surface area contributed by atoms with Crippen LogP contribution in [-0.4, -0.2) is 27.7 Å². The minimum Gasteiger partial charge on any atom is -0.340 e. The Labute approximate surface area is 132 Å². The van der Waals surface area contributed by atoms with Gasteiger partial charge in [0.2, 0.25) is 5.89 Å². The molecule has 1 aliphatic rings. The minimum atomic E-state index is -0.221. The molecule has 2 N–H and O–H groups in total. The van der Waals surface area contributed by atoms with Gasteiger partial charge in [0.15, 0.2) is 5.82 Å². The normalized spacial score (nSPS) is 17.1. The van der Waals surface area contributed by atoms with Crippen LogP contribution in [-0.2, 0) is 13.0 Å². The van der Waals surface area contributed by atoms with E-state index in [0.29, 0.717) is 24.2 Å². The number of carbonyl (C=O) groups excluding carboxylic acids is 1. The van der Waals surface area contributed by atoms with Crippen LogP contribution in [0.4, 0.5) is 4.79 Å². The second-order valence-corrected chi connectivity index (χ2v) is 6.71. The highest BCUT2D eigenvalue weighted by atomic mass is 32.1. The van der Waals surface area contributed by atoms with E-state index in [2.05, 4.69) is 25.8 Å². The van der Waals surface area contributed by atoms with Gasteiger partial charge in [-0.25, -0.2) is 9.78 Å². The molecule has 1 unspecified atom stereocenters. The van der Waals surface area contributed by atoms with Crippen LogP contribution >= 0.6 is 11.3 Å². The third-order valence-electron chi connectivity index (χ3n) is 3.66. The van der Waals surface area contributed by atoms with E-state index >= 15 is 0 Å². The van der Waals surface area contributed by atoms with E-state index in [9.17, 15) is 4.79 Å². The summed E-state index contributed by atoms with van der Waals surface area (Å²) in [6, 6.07) is -0.221. The Balaban J connectivity index is 1.49. The predicted octanol–water partition coefficient (Wildman–Crippen LogP) is 2.06. The first-order valence-electron chi connectivity index (χ1n) is 7.39.